The molecule has 88 valence electrons. The Labute approximate surface area is 97.2 Å². The summed E-state index contributed by atoms with van der Waals surface area (Å²) in [6, 6.07) is 0. The average molecular weight is 232 g/mol. The van der Waals surface area contributed by atoms with Crippen LogP contribution in [0.5, 0.6) is 0 Å². The number of hydrogen-bond acceptors (Lipinski definition) is 4. The highest BCUT2D eigenvalue weighted by atomic mass is 32.1. The van der Waals surface area contributed by atoms with Crippen LogP contribution in [0.15, 0.2) is 12.2 Å². The van der Waals surface area contributed by atoms with Crippen molar-refractivity contribution in [1.29, 1.82) is 0 Å². The first-order valence-electron chi connectivity index (χ1n) is 5.25. The molecule has 0 aromatic carbocycles. The van der Waals surface area contributed by atoms with E-state index in [1.54, 1.807) is 0 Å². The number of esters is 1. The average Bonchev–Trinajstić information content (AvgIpc) is 2.24. The number of unbranched alkanes of at least 4 members (excludes halogenated alkanes) is 1. The van der Waals surface area contributed by atoms with E-state index in [4.69, 9.17) is 9.47 Å². The minimum absolute atomic E-state index is 0.249. The van der Waals surface area contributed by atoms with E-state index in [0.29, 0.717) is 18.8 Å². The molecule has 0 N–H and O–H groups in total. The predicted octanol–water partition coefficient (Wildman–Crippen LogP) is 2.22. The highest BCUT2D eigenvalue weighted by Crippen LogP contribution is 1.99. The minimum Gasteiger partial charge on any atom is -0.462 e. The smallest absolute Gasteiger partial charge is 0.335 e. The van der Waals surface area contributed by atoms with Crippen LogP contribution in [0.3, 0.4) is 0 Å². The van der Waals surface area contributed by atoms with Crippen molar-refractivity contribution in [3.05, 3.63) is 12.2 Å². The lowest BCUT2D eigenvalue weighted by atomic mass is 10.3. The minimum atomic E-state index is -0.352. The van der Waals surface area contributed by atoms with E-state index in [0.717, 1.165) is 25.0 Å². The second kappa shape index (κ2) is 10.1. The Bertz CT molecular complexity index is 192. The van der Waals surface area contributed by atoms with E-state index in [2.05, 4.69) is 19.2 Å². The van der Waals surface area contributed by atoms with Crippen molar-refractivity contribution in [3.63, 3.8) is 0 Å². The van der Waals surface area contributed by atoms with Crippen molar-refractivity contribution >= 4 is 18.6 Å². The Morgan fingerprint density at radius 1 is 1.33 bits per heavy atom. The highest BCUT2D eigenvalue weighted by Gasteiger charge is 2.07. The molecule has 0 amide bonds. The first-order valence-corrected chi connectivity index (χ1v) is 5.89. The summed E-state index contributed by atoms with van der Waals surface area (Å²) in [7, 11) is 0. The summed E-state index contributed by atoms with van der Waals surface area (Å²) in [5.41, 5.74) is 0.380. The molecular weight excluding hydrogens is 212 g/mol. The Kier molecular flexibility index (Phi) is 9.73. The maximum atomic E-state index is 11.3. The van der Waals surface area contributed by atoms with Gasteiger partial charge in [-0.05, 0) is 18.6 Å². The van der Waals surface area contributed by atoms with Gasteiger partial charge in [-0.15, -0.1) is 0 Å². The molecule has 0 aromatic heterocycles. The number of rotatable bonds is 9. The molecule has 0 rings (SSSR count). The summed E-state index contributed by atoms with van der Waals surface area (Å²) in [6.45, 7) is 6.97. The third-order valence-corrected chi connectivity index (χ3v) is 2.06. The molecule has 0 saturated carbocycles. The molecule has 0 bridgehead atoms. The normalized spacial score (nSPS) is 10.0. The first kappa shape index (κ1) is 14.5. The van der Waals surface area contributed by atoms with Gasteiger partial charge in [-0.3, -0.25) is 0 Å². The van der Waals surface area contributed by atoms with Gasteiger partial charge in [0.25, 0.3) is 0 Å². The van der Waals surface area contributed by atoms with E-state index >= 15 is 0 Å². The fourth-order valence-corrected chi connectivity index (χ4v) is 0.961. The van der Waals surface area contributed by atoms with Crippen molar-refractivity contribution in [1.82, 2.24) is 0 Å². The lowest BCUT2D eigenvalue weighted by Crippen LogP contribution is -2.13. The Hall–Kier alpha value is -0.480. The second-order valence-corrected chi connectivity index (χ2v) is 3.67. The van der Waals surface area contributed by atoms with E-state index in [1.165, 1.54) is 0 Å². The maximum absolute atomic E-state index is 11.3. The molecule has 4 heteroatoms. The molecule has 3 nitrogen and oxygen atoms in total. The van der Waals surface area contributed by atoms with Crippen LogP contribution in [0.1, 0.15) is 26.2 Å². The van der Waals surface area contributed by atoms with E-state index in [9.17, 15) is 4.79 Å². The third-order valence-electron chi connectivity index (χ3n) is 1.74. The summed E-state index contributed by atoms with van der Waals surface area (Å²) in [5, 5.41) is 0. The molecule has 15 heavy (non-hydrogen) atoms. The van der Waals surface area contributed by atoms with Crippen LogP contribution in [-0.2, 0) is 14.3 Å². The largest absolute Gasteiger partial charge is 0.462 e. The zero-order chi connectivity index (χ0) is 11.5. The summed E-state index contributed by atoms with van der Waals surface area (Å²) in [5.74, 6) is 0.433. The van der Waals surface area contributed by atoms with E-state index in [-0.39, 0.29) is 12.6 Å². The molecule has 0 saturated heterocycles. The van der Waals surface area contributed by atoms with Crippen molar-refractivity contribution in [2.75, 3.05) is 25.6 Å². The molecule has 0 aromatic rings. The Morgan fingerprint density at radius 3 is 2.67 bits per heavy atom. The molecule has 0 aliphatic heterocycles. The highest BCUT2D eigenvalue weighted by molar-refractivity contribution is 7.80. The van der Waals surface area contributed by atoms with E-state index in [1.807, 2.05) is 6.92 Å². The summed E-state index contributed by atoms with van der Waals surface area (Å²) in [4.78, 5) is 11.3. The topological polar surface area (TPSA) is 35.5 Å². The summed E-state index contributed by atoms with van der Waals surface area (Å²) in [6.07, 6.45) is 2.78. The number of carbonyl (C=O) groups is 1. The zero-order valence-corrected chi connectivity index (χ0v) is 10.2. The number of carbonyl (C=O) groups excluding carboxylic acids is 1. The van der Waals surface area contributed by atoms with Gasteiger partial charge >= 0.3 is 5.97 Å². The predicted molar refractivity (Wildman–Crippen MR) is 64.3 cm³/mol. The summed E-state index contributed by atoms with van der Waals surface area (Å²) < 4.78 is 10.2. The molecule has 0 aliphatic rings. The van der Waals surface area contributed by atoms with Crippen molar-refractivity contribution in [2.24, 2.45) is 0 Å². The van der Waals surface area contributed by atoms with E-state index < -0.39 is 0 Å². The van der Waals surface area contributed by atoms with Crippen LogP contribution in [0.25, 0.3) is 0 Å². The molecule has 0 heterocycles. The van der Waals surface area contributed by atoms with Gasteiger partial charge in [0, 0.05) is 6.61 Å². The van der Waals surface area contributed by atoms with Gasteiger partial charge in [-0.25, -0.2) is 4.79 Å². The van der Waals surface area contributed by atoms with Crippen LogP contribution in [-0.4, -0.2) is 31.5 Å². The third kappa shape index (κ3) is 8.51. The van der Waals surface area contributed by atoms with Crippen LogP contribution < -0.4 is 0 Å². The van der Waals surface area contributed by atoms with Crippen molar-refractivity contribution in [2.45, 2.75) is 26.2 Å². The van der Waals surface area contributed by atoms with Crippen LogP contribution in [0.2, 0.25) is 0 Å². The van der Waals surface area contributed by atoms with Gasteiger partial charge in [0.1, 0.15) is 0 Å². The van der Waals surface area contributed by atoms with Gasteiger partial charge in [-0.2, -0.15) is 12.6 Å². The van der Waals surface area contributed by atoms with Gasteiger partial charge in [0.05, 0.1) is 18.8 Å². The maximum Gasteiger partial charge on any atom is 0.335 e. The Balaban J connectivity index is 3.47. The Morgan fingerprint density at radius 2 is 2.07 bits per heavy atom. The quantitative estimate of drug-likeness (QED) is 0.286. The molecular formula is C11H20O3S. The number of ether oxygens (including phenoxy) is 2. The SMILES string of the molecule is C=C(COCCCS)C(=O)OCCCC. The van der Waals surface area contributed by atoms with Gasteiger partial charge < -0.3 is 9.47 Å². The van der Waals surface area contributed by atoms with Gasteiger partial charge in [0.15, 0.2) is 0 Å². The van der Waals surface area contributed by atoms with Crippen LogP contribution in [0, 0.1) is 0 Å². The fourth-order valence-electron chi connectivity index (χ4n) is 0.832. The van der Waals surface area contributed by atoms with Gasteiger partial charge in [-0.1, -0.05) is 19.9 Å². The molecule has 0 unspecified atom stereocenters. The molecule has 0 radical (unpaired) electrons. The van der Waals surface area contributed by atoms with Crippen molar-refractivity contribution < 1.29 is 14.3 Å². The lowest BCUT2D eigenvalue weighted by Gasteiger charge is -2.07. The van der Waals surface area contributed by atoms with Crippen LogP contribution in [0.4, 0.5) is 0 Å². The van der Waals surface area contributed by atoms with Gasteiger partial charge in [0.2, 0.25) is 0 Å². The molecule has 0 fully saturated rings. The zero-order valence-electron chi connectivity index (χ0n) is 9.33. The van der Waals surface area contributed by atoms with Crippen molar-refractivity contribution in [3.8, 4) is 0 Å². The molecule has 0 aliphatic carbocycles. The monoisotopic (exact) mass is 232 g/mol. The molecule has 0 atom stereocenters. The standard InChI is InChI=1S/C11H20O3S/c1-3-4-7-14-11(12)10(2)9-13-6-5-8-15/h15H,2-9H2,1H3. The number of hydrogen-bond donors (Lipinski definition) is 1. The first-order chi connectivity index (χ1) is 7.22. The lowest BCUT2D eigenvalue weighted by molar-refractivity contribution is -0.139. The van der Waals surface area contributed by atoms with Crippen LogP contribution >= 0.6 is 12.6 Å². The summed E-state index contributed by atoms with van der Waals surface area (Å²) >= 11 is 4.05. The molecule has 0 spiro atoms. The number of thiol groups is 1. The second-order valence-electron chi connectivity index (χ2n) is 3.22. The fraction of sp³-hybridized carbons (Fsp3) is 0.727.